The molecule has 114 valence electrons. The maximum absolute atomic E-state index is 12.5. The Bertz CT molecular complexity index is 763. The molecule has 1 heterocycles. The number of rotatable bonds is 5. The maximum atomic E-state index is 12.5. The molecule has 0 aliphatic rings. The number of benzene rings is 1. The minimum absolute atomic E-state index is 0.205. The molecule has 1 aromatic heterocycles. The normalized spacial score (nSPS) is 11.6. The summed E-state index contributed by atoms with van der Waals surface area (Å²) in [5, 5.41) is 3.32. The lowest BCUT2D eigenvalue weighted by Crippen LogP contribution is -2.13. The van der Waals surface area contributed by atoms with Crippen LogP contribution in [0.15, 0.2) is 37.4 Å². The molecular formula is C12H11Br2ClN2O2S2. The molecule has 0 bridgehead atoms. The lowest BCUT2D eigenvalue weighted by Gasteiger charge is -2.09. The summed E-state index contributed by atoms with van der Waals surface area (Å²) >= 11 is 14.0. The topological polar surface area (TPSA) is 58.2 Å². The quantitative estimate of drug-likeness (QED) is 0.673. The fourth-order valence-corrected chi connectivity index (χ4v) is 6.17. The third-order valence-corrected chi connectivity index (χ3v) is 6.95. The van der Waals surface area contributed by atoms with Crippen LogP contribution in [0.3, 0.4) is 0 Å². The van der Waals surface area contributed by atoms with E-state index in [1.54, 1.807) is 24.3 Å². The Labute approximate surface area is 149 Å². The molecule has 0 aliphatic heterocycles. The molecule has 0 aliphatic carbocycles. The molecule has 0 saturated carbocycles. The van der Waals surface area contributed by atoms with Crippen LogP contribution in [0, 0.1) is 0 Å². The van der Waals surface area contributed by atoms with Gasteiger partial charge in [0, 0.05) is 15.9 Å². The summed E-state index contributed by atoms with van der Waals surface area (Å²) in [7, 11) is -1.88. The monoisotopic (exact) mass is 472 g/mol. The van der Waals surface area contributed by atoms with Gasteiger partial charge in [0.1, 0.15) is 4.90 Å². The van der Waals surface area contributed by atoms with Crippen molar-refractivity contribution in [3.05, 3.63) is 42.4 Å². The first-order valence-electron chi connectivity index (χ1n) is 5.74. The van der Waals surface area contributed by atoms with Crippen LogP contribution in [0.4, 0.5) is 5.69 Å². The van der Waals surface area contributed by atoms with Gasteiger partial charge in [0.2, 0.25) is 0 Å². The highest BCUT2D eigenvalue weighted by atomic mass is 79.9. The molecule has 0 spiro atoms. The summed E-state index contributed by atoms with van der Waals surface area (Å²) in [5.74, 6) is 0. The smallest absolute Gasteiger partial charge is 0.263 e. The van der Waals surface area contributed by atoms with Crippen LogP contribution >= 0.6 is 54.8 Å². The number of anilines is 1. The number of hydrogen-bond donors (Lipinski definition) is 2. The highest BCUT2D eigenvalue weighted by molar-refractivity contribution is 9.11. The van der Waals surface area contributed by atoms with E-state index in [4.69, 9.17) is 11.6 Å². The third-order valence-electron chi connectivity index (χ3n) is 2.52. The van der Waals surface area contributed by atoms with Crippen LogP contribution in [0.1, 0.15) is 4.88 Å². The summed E-state index contributed by atoms with van der Waals surface area (Å²) < 4.78 is 28.8. The second-order valence-electron chi connectivity index (χ2n) is 4.11. The van der Waals surface area contributed by atoms with Crippen LogP contribution in [0.2, 0.25) is 5.02 Å². The van der Waals surface area contributed by atoms with Crippen LogP contribution < -0.4 is 10.0 Å². The van der Waals surface area contributed by atoms with Gasteiger partial charge in [-0.15, -0.1) is 11.3 Å². The Kier molecular flexibility index (Phi) is 5.72. The Morgan fingerprint density at radius 3 is 2.62 bits per heavy atom. The molecule has 0 amide bonds. The minimum atomic E-state index is -3.69. The van der Waals surface area contributed by atoms with Crippen molar-refractivity contribution in [3.63, 3.8) is 0 Å². The largest absolute Gasteiger partial charge is 0.315 e. The average Bonchev–Trinajstić information content (AvgIpc) is 2.75. The second kappa shape index (κ2) is 6.97. The van der Waals surface area contributed by atoms with Crippen molar-refractivity contribution < 1.29 is 8.42 Å². The van der Waals surface area contributed by atoms with E-state index in [9.17, 15) is 8.42 Å². The molecule has 4 nitrogen and oxygen atoms in total. The predicted octanol–water partition coefficient (Wildman–Crippen LogP) is 4.45. The van der Waals surface area contributed by atoms with Gasteiger partial charge in [-0.25, -0.2) is 8.42 Å². The summed E-state index contributed by atoms with van der Waals surface area (Å²) in [6, 6.07) is 6.60. The van der Waals surface area contributed by atoms with E-state index in [0.717, 1.165) is 9.35 Å². The third kappa shape index (κ3) is 4.20. The number of nitrogens with one attached hydrogen (secondary N) is 2. The van der Waals surface area contributed by atoms with Crippen LogP contribution in [0.5, 0.6) is 0 Å². The van der Waals surface area contributed by atoms with Gasteiger partial charge in [-0.05, 0) is 47.2 Å². The fraction of sp³-hybridized carbons (Fsp3) is 0.167. The van der Waals surface area contributed by atoms with Gasteiger partial charge in [-0.1, -0.05) is 27.5 Å². The Morgan fingerprint density at radius 1 is 1.29 bits per heavy atom. The molecule has 1 aromatic carbocycles. The van der Waals surface area contributed by atoms with Crippen molar-refractivity contribution in [3.8, 4) is 0 Å². The minimum Gasteiger partial charge on any atom is -0.315 e. The van der Waals surface area contributed by atoms with Gasteiger partial charge in [-0.3, -0.25) is 4.72 Å². The first-order valence-corrected chi connectivity index (χ1v) is 10.0. The number of sulfonamides is 1. The van der Waals surface area contributed by atoms with E-state index in [-0.39, 0.29) is 4.90 Å². The lowest BCUT2D eigenvalue weighted by molar-refractivity contribution is 0.601. The predicted molar refractivity (Wildman–Crippen MR) is 94.7 cm³/mol. The van der Waals surface area contributed by atoms with Gasteiger partial charge < -0.3 is 5.32 Å². The molecule has 2 rings (SSSR count). The van der Waals surface area contributed by atoms with Crippen molar-refractivity contribution in [2.45, 2.75) is 11.4 Å². The average molecular weight is 475 g/mol. The Hall–Kier alpha value is -0.120. The van der Waals surface area contributed by atoms with Crippen molar-refractivity contribution in [1.29, 1.82) is 0 Å². The molecule has 0 unspecified atom stereocenters. The van der Waals surface area contributed by atoms with E-state index in [0.29, 0.717) is 21.0 Å². The number of halogens is 3. The second-order valence-corrected chi connectivity index (χ2v) is 9.54. The molecular weight excluding hydrogens is 464 g/mol. The highest BCUT2D eigenvalue weighted by Gasteiger charge is 2.21. The van der Waals surface area contributed by atoms with Crippen molar-refractivity contribution >= 4 is 70.5 Å². The van der Waals surface area contributed by atoms with Gasteiger partial charge in [0.05, 0.1) is 14.5 Å². The summed E-state index contributed by atoms with van der Waals surface area (Å²) in [4.78, 5) is 1.13. The molecule has 0 saturated heterocycles. The molecule has 2 aromatic rings. The van der Waals surface area contributed by atoms with E-state index < -0.39 is 10.0 Å². The van der Waals surface area contributed by atoms with Crippen molar-refractivity contribution in [2.75, 3.05) is 11.8 Å². The molecule has 0 atom stereocenters. The highest BCUT2D eigenvalue weighted by Crippen LogP contribution is 2.34. The summed E-state index contributed by atoms with van der Waals surface area (Å²) in [6.45, 7) is 0.609. The van der Waals surface area contributed by atoms with E-state index >= 15 is 0 Å². The van der Waals surface area contributed by atoms with Gasteiger partial charge in [-0.2, -0.15) is 0 Å². The van der Waals surface area contributed by atoms with E-state index in [2.05, 4.69) is 41.9 Å². The Morgan fingerprint density at radius 2 is 2.00 bits per heavy atom. The molecule has 21 heavy (non-hydrogen) atoms. The SMILES string of the molecule is CNCc1cc(S(=O)(=O)Nc2ccc(Br)cc2Cl)c(Br)s1. The van der Waals surface area contributed by atoms with Gasteiger partial charge in [0.25, 0.3) is 10.0 Å². The zero-order valence-corrected chi connectivity index (χ0v) is 16.3. The molecule has 2 N–H and O–H groups in total. The standard InChI is InChI=1S/C12H11Br2ClN2O2S2/c1-16-6-8-5-11(12(14)20-8)21(18,19)17-10-3-2-7(13)4-9(10)15/h2-5,16-17H,6H2,1H3. The van der Waals surface area contributed by atoms with Gasteiger partial charge in [0.15, 0.2) is 0 Å². The van der Waals surface area contributed by atoms with Crippen molar-refractivity contribution in [1.82, 2.24) is 5.32 Å². The van der Waals surface area contributed by atoms with Crippen molar-refractivity contribution in [2.24, 2.45) is 0 Å². The molecule has 0 radical (unpaired) electrons. The first kappa shape index (κ1) is 17.2. The maximum Gasteiger partial charge on any atom is 0.263 e. The number of hydrogen-bond acceptors (Lipinski definition) is 4. The van der Waals surface area contributed by atoms with E-state index in [1.165, 1.54) is 11.3 Å². The number of thiophene rings is 1. The van der Waals surface area contributed by atoms with Gasteiger partial charge >= 0.3 is 0 Å². The fourth-order valence-electron chi connectivity index (χ4n) is 1.61. The molecule has 9 heteroatoms. The zero-order chi connectivity index (χ0) is 15.6. The summed E-state index contributed by atoms with van der Waals surface area (Å²) in [6.07, 6.45) is 0. The molecule has 0 fully saturated rings. The zero-order valence-electron chi connectivity index (χ0n) is 10.8. The van der Waals surface area contributed by atoms with Crippen LogP contribution in [0.25, 0.3) is 0 Å². The Balaban J connectivity index is 2.34. The summed E-state index contributed by atoms with van der Waals surface area (Å²) in [5.41, 5.74) is 0.341. The lowest BCUT2D eigenvalue weighted by atomic mass is 10.3. The van der Waals surface area contributed by atoms with Crippen LogP contribution in [-0.4, -0.2) is 15.5 Å². The van der Waals surface area contributed by atoms with E-state index in [1.807, 2.05) is 7.05 Å². The van der Waals surface area contributed by atoms with Crippen LogP contribution in [-0.2, 0) is 16.6 Å². The first-order chi connectivity index (χ1) is 9.83.